The Labute approximate surface area is 186 Å². The van der Waals surface area contributed by atoms with E-state index in [-0.39, 0.29) is 5.91 Å². The Morgan fingerprint density at radius 1 is 0.906 bits per heavy atom. The molecule has 3 aromatic carbocycles. The molecule has 0 saturated carbocycles. The van der Waals surface area contributed by atoms with Crippen LogP contribution in [0.5, 0.6) is 11.5 Å². The number of carbonyl (C=O) groups excluding carboxylic acids is 1. The Morgan fingerprint density at radius 3 is 2.34 bits per heavy atom. The quantitative estimate of drug-likeness (QED) is 0.476. The molecular formula is C26H23N3O3. The molecule has 0 atom stereocenters. The van der Waals surface area contributed by atoms with Crippen molar-refractivity contribution in [3.63, 3.8) is 0 Å². The molecule has 0 saturated heterocycles. The zero-order chi connectivity index (χ0) is 22.1. The van der Waals surface area contributed by atoms with Crippen molar-refractivity contribution < 1.29 is 14.3 Å². The van der Waals surface area contributed by atoms with Crippen molar-refractivity contribution in [3.05, 3.63) is 83.9 Å². The Hall–Kier alpha value is -4.06. The Bertz CT molecular complexity index is 1280. The first-order chi connectivity index (χ1) is 15.6. The lowest BCUT2D eigenvalue weighted by Gasteiger charge is -2.19. The number of rotatable bonds is 5. The van der Waals surface area contributed by atoms with Crippen LogP contribution < -0.4 is 19.7 Å². The SMILES string of the molecule is COc1ccc(NC(=O)c2ccc(N3CCc4cc5ccc(OC)cc5nc43)cc2)cc1. The highest BCUT2D eigenvalue weighted by atomic mass is 16.5. The average Bonchev–Trinajstić information content (AvgIpc) is 3.25. The van der Waals surface area contributed by atoms with E-state index in [1.54, 1.807) is 14.2 Å². The summed E-state index contributed by atoms with van der Waals surface area (Å²) in [5, 5.41) is 4.02. The van der Waals surface area contributed by atoms with Gasteiger partial charge in [0, 0.05) is 34.9 Å². The van der Waals surface area contributed by atoms with Gasteiger partial charge in [0.15, 0.2) is 0 Å². The lowest BCUT2D eigenvalue weighted by atomic mass is 10.1. The summed E-state index contributed by atoms with van der Waals surface area (Å²) in [6.07, 6.45) is 0.935. The fraction of sp³-hybridized carbons (Fsp3) is 0.154. The summed E-state index contributed by atoms with van der Waals surface area (Å²) in [5.41, 5.74) is 4.47. The summed E-state index contributed by atoms with van der Waals surface area (Å²) in [6.45, 7) is 0.854. The fourth-order valence-corrected chi connectivity index (χ4v) is 3.99. The average molecular weight is 425 g/mol. The van der Waals surface area contributed by atoms with E-state index in [0.717, 1.165) is 52.6 Å². The molecule has 4 aromatic rings. The highest BCUT2D eigenvalue weighted by molar-refractivity contribution is 6.04. The van der Waals surface area contributed by atoms with Gasteiger partial charge in [-0.15, -0.1) is 0 Å². The number of pyridine rings is 1. The number of nitrogens with one attached hydrogen (secondary N) is 1. The van der Waals surface area contributed by atoms with Crippen LogP contribution in [0.3, 0.4) is 0 Å². The van der Waals surface area contributed by atoms with Crippen LogP contribution in [0.4, 0.5) is 17.2 Å². The lowest BCUT2D eigenvalue weighted by molar-refractivity contribution is 0.102. The van der Waals surface area contributed by atoms with Gasteiger partial charge in [-0.05, 0) is 78.7 Å². The molecule has 0 unspecified atom stereocenters. The van der Waals surface area contributed by atoms with Gasteiger partial charge in [0.25, 0.3) is 5.91 Å². The van der Waals surface area contributed by atoms with Crippen LogP contribution >= 0.6 is 0 Å². The molecule has 2 heterocycles. The van der Waals surface area contributed by atoms with E-state index in [4.69, 9.17) is 14.5 Å². The van der Waals surface area contributed by atoms with E-state index in [1.165, 1.54) is 5.56 Å². The minimum atomic E-state index is -0.153. The third-order valence-corrected chi connectivity index (χ3v) is 5.73. The number of amides is 1. The molecule has 0 spiro atoms. The van der Waals surface area contributed by atoms with Gasteiger partial charge in [-0.3, -0.25) is 4.79 Å². The summed E-state index contributed by atoms with van der Waals surface area (Å²) in [7, 11) is 3.27. The van der Waals surface area contributed by atoms with Gasteiger partial charge >= 0.3 is 0 Å². The molecule has 1 N–H and O–H groups in total. The van der Waals surface area contributed by atoms with Crippen LogP contribution in [0.1, 0.15) is 15.9 Å². The second kappa shape index (κ2) is 8.23. The molecule has 6 nitrogen and oxygen atoms in total. The summed E-state index contributed by atoms with van der Waals surface area (Å²) < 4.78 is 10.5. The number of benzene rings is 3. The maximum atomic E-state index is 12.6. The van der Waals surface area contributed by atoms with E-state index in [2.05, 4.69) is 16.3 Å². The molecule has 5 rings (SSSR count). The number of anilines is 3. The topological polar surface area (TPSA) is 63.7 Å². The molecule has 1 aromatic heterocycles. The van der Waals surface area contributed by atoms with Crippen LogP contribution in [0, 0.1) is 0 Å². The fourth-order valence-electron chi connectivity index (χ4n) is 3.99. The molecule has 0 fully saturated rings. The van der Waals surface area contributed by atoms with Gasteiger partial charge < -0.3 is 19.7 Å². The zero-order valence-corrected chi connectivity index (χ0v) is 18.0. The maximum Gasteiger partial charge on any atom is 0.255 e. The number of ether oxygens (including phenoxy) is 2. The van der Waals surface area contributed by atoms with E-state index < -0.39 is 0 Å². The Kier molecular flexibility index (Phi) is 5.11. The van der Waals surface area contributed by atoms with E-state index in [1.807, 2.05) is 66.7 Å². The van der Waals surface area contributed by atoms with E-state index in [9.17, 15) is 4.79 Å². The predicted molar refractivity (Wildman–Crippen MR) is 126 cm³/mol. The minimum absolute atomic E-state index is 0.153. The smallest absolute Gasteiger partial charge is 0.255 e. The van der Waals surface area contributed by atoms with Gasteiger partial charge in [0.05, 0.1) is 19.7 Å². The number of hydrogen-bond donors (Lipinski definition) is 1. The molecular weight excluding hydrogens is 402 g/mol. The van der Waals surface area contributed by atoms with Crippen molar-refractivity contribution in [2.75, 3.05) is 31.0 Å². The molecule has 6 heteroatoms. The van der Waals surface area contributed by atoms with Crippen molar-refractivity contribution in [1.82, 2.24) is 4.98 Å². The van der Waals surface area contributed by atoms with Crippen LogP contribution in [-0.4, -0.2) is 31.7 Å². The molecule has 1 aliphatic rings. The lowest BCUT2D eigenvalue weighted by Crippen LogP contribution is -2.15. The summed E-state index contributed by atoms with van der Waals surface area (Å²) in [6, 6.07) is 23.0. The summed E-state index contributed by atoms with van der Waals surface area (Å²) in [4.78, 5) is 19.7. The maximum absolute atomic E-state index is 12.6. The third-order valence-electron chi connectivity index (χ3n) is 5.73. The monoisotopic (exact) mass is 425 g/mol. The molecule has 0 aliphatic carbocycles. The van der Waals surface area contributed by atoms with Crippen molar-refractivity contribution in [2.24, 2.45) is 0 Å². The van der Waals surface area contributed by atoms with Gasteiger partial charge in [-0.2, -0.15) is 0 Å². The first-order valence-corrected chi connectivity index (χ1v) is 10.5. The first kappa shape index (κ1) is 19.9. The van der Waals surface area contributed by atoms with Crippen LogP contribution in [0.25, 0.3) is 10.9 Å². The second-order valence-corrected chi connectivity index (χ2v) is 7.66. The van der Waals surface area contributed by atoms with Gasteiger partial charge in [0.1, 0.15) is 17.3 Å². The highest BCUT2D eigenvalue weighted by Gasteiger charge is 2.23. The largest absolute Gasteiger partial charge is 0.497 e. The zero-order valence-electron chi connectivity index (χ0n) is 18.0. The van der Waals surface area contributed by atoms with Crippen LogP contribution in [0.2, 0.25) is 0 Å². The van der Waals surface area contributed by atoms with Crippen molar-refractivity contribution >= 4 is 34.0 Å². The molecule has 32 heavy (non-hydrogen) atoms. The molecule has 160 valence electrons. The molecule has 1 aliphatic heterocycles. The summed E-state index contributed by atoms with van der Waals surface area (Å²) in [5.74, 6) is 2.35. The molecule has 0 radical (unpaired) electrons. The van der Waals surface area contributed by atoms with E-state index >= 15 is 0 Å². The third kappa shape index (κ3) is 3.71. The Morgan fingerprint density at radius 2 is 1.62 bits per heavy atom. The minimum Gasteiger partial charge on any atom is -0.497 e. The molecule has 0 bridgehead atoms. The van der Waals surface area contributed by atoms with Crippen molar-refractivity contribution in [3.8, 4) is 11.5 Å². The van der Waals surface area contributed by atoms with Crippen LogP contribution in [0.15, 0.2) is 72.8 Å². The van der Waals surface area contributed by atoms with E-state index in [0.29, 0.717) is 5.56 Å². The van der Waals surface area contributed by atoms with Gasteiger partial charge in [0.2, 0.25) is 0 Å². The number of fused-ring (bicyclic) bond motifs is 2. The number of methoxy groups -OCH3 is 2. The Balaban J connectivity index is 1.36. The first-order valence-electron chi connectivity index (χ1n) is 10.5. The van der Waals surface area contributed by atoms with Crippen LogP contribution in [-0.2, 0) is 6.42 Å². The predicted octanol–water partition coefficient (Wildman–Crippen LogP) is 5.20. The normalized spacial score (nSPS) is 12.5. The number of nitrogens with zero attached hydrogens (tertiary/aromatic N) is 2. The number of aromatic nitrogens is 1. The summed E-state index contributed by atoms with van der Waals surface area (Å²) >= 11 is 0. The standard InChI is InChI=1S/C26H23N3O3/c1-31-22-11-6-20(7-12-22)27-26(30)17-3-8-21(9-4-17)29-14-13-19-15-18-5-10-23(32-2)16-24(18)28-25(19)29/h3-12,15-16H,13-14H2,1-2H3,(H,27,30). The molecule has 1 amide bonds. The number of carbonyl (C=O) groups is 1. The van der Waals surface area contributed by atoms with Crippen molar-refractivity contribution in [2.45, 2.75) is 6.42 Å². The van der Waals surface area contributed by atoms with Gasteiger partial charge in [-0.1, -0.05) is 0 Å². The second-order valence-electron chi connectivity index (χ2n) is 7.66. The van der Waals surface area contributed by atoms with Crippen molar-refractivity contribution in [1.29, 1.82) is 0 Å². The van der Waals surface area contributed by atoms with Gasteiger partial charge in [-0.25, -0.2) is 4.98 Å². The number of hydrogen-bond acceptors (Lipinski definition) is 5. The highest BCUT2D eigenvalue weighted by Crippen LogP contribution is 2.35.